The minimum Gasteiger partial charge on any atom is -0.337 e. The summed E-state index contributed by atoms with van der Waals surface area (Å²) in [5, 5.41) is 7.65. The summed E-state index contributed by atoms with van der Waals surface area (Å²) in [5.41, 5.74) is 2.80. The third kappa shape index (κ3) is 6.89. The average molecular weight is 441 g/mol. The number of carbonyl (C=O) groups excluding carboxylic acids is 2. The van der Waals surface area contributed by atoms with Gasteiger partial charge in [0, 0.05) is 48.2 Å². The largest absolute Gasteiger partial charge is 0.337 e. The first-order valence-electron chi connectivity index (χ1n) is 9.52. The molecule has 0 aliphatic rings. The number of nitrogens with one attached hydrogen (secondary N) is 2. The summed E-state index contributed by atoms with van der Waals surface area (Å²) >= 11 is 3.22. The minimum absolute atomic E-state index is 0.142. The van der Waals surface area contributed by atoms with Crippen molar-refractivity contribution in [2.45, 2.75) is 29.1 Å². The third-order valence-corrected chi connectivity index (χ3v) is 6.24. The number of urea groups is 1. The lowest BCUT2D eigenvalue weighted by Gasteiger charge is -2.18. The lowest BCUT2D eigenvalue weighted by atomic mass is 10.2. The van der Waals surface area contributed by atoms with E-state index in [0.29, 0.717) is 6.54 Å². The van der Waals surface area contributed by atoms with E-state index in [1.54, 1.807) is 35.0 Å². The Balaban J connectivity index is 1.38. The van der Waals surface area contributed by atoms with Crippen LogP contribution in [0.25, 0.3) is 0 Å². The zero-order valence-corrected chi connectivity index (χ0v) is 18.6. The van der Waals surface area contributed by atoms with Crippen molar-refractivity contribution in [3.63, 3.8) is 0 Å². The summed E-state index contributed by atoms with van der Waals surface area (Å²) in [5.74, 6) is -0.142. The first-order valence-corrected chi connectivity index (χ1v) is 11.2. The molecule has 0 atom stereocenters. The van der Waals surface area contributed by atoms with Gasteiger partial charge in [0.05, 0.1) is 0 Å². The van der Waals surface area contributed by atoms with Gasteiger partial charge >= 0.3 is 6.03 Å². The van der Waals surface area contributed by atoms with Gasteiger partial charge in [0.2, 0.25) is 5.91 Å². The van der Waals surface area contributed by atoms with Gasteiger partial charge in [-0.25, -0.2) is 9.78 Å². The van der Waals surface area contributed by atoms with Gasteiger partial charge in [0.1, 0.15) is 0 Å². The molecule has 1 aromatic heterocycles. The fourth-order valence-electron chi connectivity index (χ4n) is 2.66. The van der Waals surface area contributed by atoms with E-state index in [1.807, 2.05) is 66.9 Å². The fourth-order valence-corrected chi connectivity index (χ4v) is 4.47. The highest BCUT2D eigenvalue weighted by molar-refractivity contribution is 8.01. The van der Waals surface area contributed by atoms with Crippen LogP contribution < -0.4 is 10.6 Å². The number of aromatic nitrogens is 1. The Kier molecular flexibility index (Phi) is 7.87. The van der Waals surface area contributed by atoms with Gasteiger partial charge in [-0.15, -0.1) is 11.3 Å². The van der Waals surface area contributed by atoms with Gasteiger partial charge in [0.15, 0.2) is 4.34 Å². The molecular weight excluding hydrogens is 416 g/mol. The summed E-state index contributed by atoms with van der Waals surface area (Å²) < 4.78 is 0.997. The number of nitrogens with zero attached hydrogens (tertiary/aromatic N) is 2. The van der Waals surface area contributed by atoms with E-state index in [0.717, 1.165) is 26.2 Å². The number of rotatable bonds is 8. The Bertz CT molecular complexity index is 974. The maximum atomic E-state index is 12.2. The lowest BCUT2D eigenvalue weighted by Crippen LogP contribution is -2.38. The number of hydrogen-bond donors (Lipinski definition) is 2. The van der Waals surface area contributed by atoms with Crippen molar-refractivity contribution >= 4 is 40.7 Å². The highest BCUT2D eigenvalue weighted by Crippen LogP contribution is 2.30. The molecule has 0 bridgehead atoms. The monoisotopic (exact) mass is 440 g/mol. The zero-order chi connectivity index (χ0) is 21.3. The molecule has 6 nitrogen and oxygen atoms in total. The SMILES string of the molecule is Cc1csc(Sc2ccc(NC(=O)CCNC(=O)N(C)Cc3ccccc3)cc2)n1. The number of hydrogen-bond acceptors (Lipinski definition) is 5. The first-order chi connectivity index (χ1) is 14.5. The molecule has 2 aromatic carbocycles. The average Bonchev–Trinajstić information content (AvgIpc) is 3.14. The van der Waals surface area contributed by atoms with Crippen LogP contribution in [0.1, 0.15) is 17.7 Å². The van der Waals surface area contributed by atoms with Crippen LogP contribution in [0.15, 0.2) is 69.2 Å². The molecular formula is C22H24N4O2S2. The Hall–Kier alpha value is -2.84. The van der Waals surface area contributed by atoms with Crippen LogP contribution in [0.3, 0.4) is 0 Å². The van der Waals surface area contributed by atoms with Crippen molar-refractivity contribution in [2.24, 2.45) is 0 Å². The zero-order valence-electron chi connectivity index (χ0n) is 16.9. The summed E-state index contributed by atoms with van der Waals surface area (Å²) in [6.07, 6.45) is 0.208. The maximum Gasteiger partial charge on any atom is 0.317 e. The molecule has 0 spiro atoms. The molecule has 30 heavy (non-hydrogen) atoms. The summed E-state index contributed by atoms with van der Waals surface area (Å²) in [7, 11) is 1.73. The van der Waals surface area contributed by atoms with Crippen molar-refractivity contribution in [3.05, 3.63) is 71.2 Å². The number of thiazole rings is 1. The highest BCUT2D eigenvalue weighted by atomic mass is 32.2. The van der Waals surface area contributed by atoms with E-state index in [-0.39, 0.29) is 24.9 Å². The second-order valence-corrected chi connectivity index (χ2v) is 8.93. The molecule has 3 aromatic rings. The minimum atomic E-state index is -0.203. The molecule has 0 radical (unpaired) electrons. The summed E-state index contributed by atoms with van der Waals surface area (Å²) in [6, 6.07) is 17.2. The van der Waals surface area contributed by atoms with Crippen molar-refractivity contribution in [3.8, 4) is 0 Å². The number of amides is 3. The van der Waals surface area contributed by atoms with E-state index >= 15 is 0 Å². The molecule has 3 rings (SSSR count). The van der Waals surface area contributed by atoms with Crippen LogP contribution >= 0.6 is 23.1 Å². The predicted molar refractivity (Wildman–Crippen MR) is 122 cm³/mol. The van der Waals surface area contributed by atoms with E-state index in [1.165, 1.54) is 0 Å². The lowest BCUT2D eigenvalue weighted by molar-refractivity contribution is -0.116. The fraction of sp³-hybridized carbons (Fsp3) is 0.227. The van der Waals surface area contributed by atoms with Crippen molar-refractivity contribution in [1.82, 2.24) is 15.2 Å². The molecule has 0 fully saturated rings. The van der Waals surface area contributed by atoms with Crippen LogP contribution in [-0.4, -0.2) is 35.4 Å². The Morgan fingerprint density at radius 3 is 2.50 bits per heavy atom. The normalized spacial score (nSPS) is 10.5. The van der Waals surface area contributed by atoms with Gasteiger partial charge in [-0.05, 0) is 36.8 Å². The van der Waals surface area contributed by atoms with E-state index in [9.17, 15) is 9.59 Å². The summed E-state index contributed by atoms with van der Waals surface area (Å²) in [6.45, 7) is 2.77. The molecule has 0 saturated heterocycles. The van der Waals surface area contributed by atoms with Crippen LogP contribution in [-0.2, 0) is 11.3 Å². The van der Waals surface area contributed by atoms with Crippen LogP contribution in [0.4, 0.5) is 10.5 Å². The van der Waals surface area contributed by atoms with Crippen LogP contribution in [0, 0.1) is 6.92 Å². The van der Waals surface area contributed by atoms with Gasteiger partial charge in [-0.3, -0.25) is 4.79 Å². The summed E-state index contributed by atoms with van der Waals surface area (Å²) in [4.78, 5) is 31.4. The van der Waals surface area contributed by atoms with Crippen LogP contribution in [0.2, 0.25) is 0 Å². The molecule has 0 aliphatic carbocycles. The Morgan fingerprint density at radius 2 is 1.83 bits per heavy atom. The third-order valence-electron chi connectivity index (χ3n) is 4.18. The first kappa shape index (κ1) is 21.9. The van der Waals surface area contributed by atoms with Gasteiger partial charge in [0.25, 0.3) is 0 Å². The number of benzene rings is 2. The number of carbonyl (C=O) groups is 2. The molecule has 2 N–H and O–H groups in total. The Labute approximate surface area is 184 Å². The van der Waals surface area contributed by atoms with Gasteiger partial charge in [-0.2, -0.15) is 0 Å². The second-order valence-electron chi connectivity index (χ2n) is 6.75. The van der Waals surface area contributed by atoms with Gasteiger partial charge in [-0.1, -0.05) is 42.1 Å². The maximum absolute atomic E-state index is 12.2. The van der Waals surface area contributed by atoms with E-state index in [2.05, 4.69) is 15.6 Å². The quantitative estimate of drug-likeness (QED) is 0.529. The second kappa shape index (κ2) is 10.8. The van der Waals surface area contributed by atoms with E-state index < -0.39 is 0 Å². The Morgan fingerprint density at radius 1 is 1.10 bits per heavy atom. The van der Waals surface area contributed by atoms with E-state index in [4.69, 9.17) is 0 Å². The molecule has 0 aliphatic heterocycles. The standard InChI is InChI=1S/C22H24N4O2S2/c1-16-15-29-22(24-16)30-19-10-8-18(9-11-19)25-20(27)12-13-23-21(28)26(2)14-17-6-4-3-5-7-17/h3-11,15H,12-14H2,1-2H3,(H,23,28)(H,25,27). The highest BCUT2D eigenvalue weighted by Gasteiger charge is 2.10. The molecule has 0 saturated carbocycles. The predicted octanol–water partition coefficient (Wildman–Crippen LogP) is 4.77. The van der Waals surface area contributed by atoms with Crippen LogP contribution in [0.5, 0.6) is 0 Å². The smallest absolute Gasteiger partial charge is 0.317 e. The number of anilines is 1. The molecule has 1 heterocycles. The van der Waals surface area contributed by atoms with Crippen molar-refractivity contribution in [1.29, 1.82) is 0 Å². The topological polar surface area (TPSA) is 74.3 Å². The molecule has 3 amide bonds. The van der Waals surface area contributed by atoms with Crippen molar-refractivity contribution in [2.75, 3.05) is 18.9 Å². The number of aryl methyl sites for hydroxylation is 1. The van der Waals surface area contributed by atoms with Gasteiger partial charge < -0.3 is 15.5 Å². The molecule has 156 valence electrons. The molecule has 8 heteroatoms. The molecule has 0 unspecified atom stereocenters. The van der Waals surface area contributed by atoms with Crippen molar-refractivity contribution < 1.29 is 9.59 Å².